The molecule has 2 aliphatic rings. The van der Waals surface area contributed by atoms with Crippen LogP contribution >= 0.6 is 0 Å². The van der Waals surface area contributed by atoms with Crippen molar-refractivity contribution >= 4 is 5.71 Å². The molecule has 1 spiro atoms. The molecule has 0 N–H and O–H groups in total. The van der Waals surface area contributed by atoms with Crippen molar-refractivity contribution in [2.45, 2.75) is 76.3 Å². The molecular formula is C38H41NO5. The molecule has 6 rings (SSSR count). The van der Waals surface area contributed by atoms with Crippen LogP contribution in [0.25, 0.3) is 0 Å². The summed E-state index contributed by atoms with van der Waals surface area (Å²) in [7, 11) is 0. The highest BCUT2D eigenvalue weighted by molar-refractivity contribution is 5.84. The lowest BCUT2D eigenvalue weighted by Gasteiger charge is -2.50. The summed E-state index contributed by atoms with van der Waals surface area (Å²) >= 11 is 0. The summed E-state index contributed by atoms with van der Waals surface area (Å²) in [6.45, 7) is 4.11. The van der Waals surface area contributed by atoms with Gasteiger partial charge < -0.3 is 23.7 Å². The molecule has 0 aromatic heterocycles. The number of ether oxygens (including phenoxy) is 5. The van der Waals surface area contributed by atoms with Gasteiger partial charge in [-0.1, -0.05) is 121 Å². The van der Waals surface area contributed by atoms with Gasteiger partial charge in [0.15, 0.2) is 5.72 Å². The number of aliphatic imine (C=N–C) groups is 1. The molecule has 1 fully saturated rings. The van der Waals surface area contributed by atoms with Crippen molar-refractivity contribution in [3.63, 3.8) is 0 Å². The van der Waals surface area contributed by atoms with Crippen LogP contribution in [-0.2, 0) is 50.1 Å². The monoisotopic (exact) mass is 591 g/mol. The van der Waals surface area contributed by atoms with E-state index in [-0.39, 0.29) is 0 Å². The van der Waals surface area contributed by atoms with Gasteiger partial charge in [0, 0.05) is 12.1 Å². The Morgan fingerprint density at radius 3 is 1.55 bits per heavy atom. The standard InChI is InChI=1S/C38H41NO5/c1-29-22-23-38(39-29)37(43-27-33-20-12-5-13-21-33)36(42-26-32-18-10-4-11-19-32)35(41-25-31-16-8-3-9-17-31)34(44-38)28-40-24-30-14-6-2-7-15-30/h2-21,34-37H,22-28H2,1H3/t34-,35-,36+,37-,38?/m1/s1. The molecule has 2 aliphatic heterocycles. The van der Waals surface area contributed by atoms with Gasteiger partial charge in [0.05, 0.1) is 33.0 Å². The van der Waals surface area contributed by atoms with E-state index in [2.05, 4.69) is 55.5 Å². The zero-order valence-electron chi connectivity index (χ0n) is 25.3. The van der Waals surface area contributed by atoms with E-state index in [1.165, 1.54) is 0 Å². The Morgan fingerprint density at radius 1 is 0.614 bits per heavy atom. The molecule has 2 heterocycles. The van der Waals surface area contributed by atoms with Gasteiger partial charge in [0.25, 0.3) is 0 Å². The second-order valence-electron chi connectivity index (χ2n) is 11.6. The second kappa shape index (κ2) is 14.9. The molecule has 0 bridgehead atoms. The number of nitrogens with zero attached hydrogens (tertiary/aromatic N) is 1. The smallest absolute Gasteiger partial charge is 0.188 e. The molecule has 1 saturated heterocycles. The molecule has 228 valence electrons. The van der Waals surface area contributed by atoms with Crippen LogP contribution in [0.2, 0.25) is 0 Å². The van der Waals surface area contributed by atoms with Crippen LogP contribution in [-0.4, -0.2) is 42.5 Å². The van der Waals surface area contributed by atoms with Gasteiger partial charge >= 0.3 is 0 Å². The summed E-state index contributed by atoms with van der Waals surface area (Å²) in [6.07, 6.45) is -0.286. The van der Waals surface area contributed by atoms with E-state index in [1.807, 2.05) is 72.8 Å². The first-order valence-electron chi connectivity index (χ1n) is 15.5. The van der Waals surface area contributed by atoms with Crippen LogP contribution in [0, 0.1) is 0 Å². The van der Waals surface area contributed by atoms with Gasteiger partial charge in [-0.05, 0) is 35.6 Å². The van der Waals surface area contributed by atoms with Crippen LogP contribution < -0.4 is 0 Å². The number of hydrogen-bond donors (Lipinski definition) is 0. The average molecular weight is 592 g/mol. The van der Waals surface area contributed by atoms with E-state index in [0.717, 1.165) is 34.4 Å². The van der Waals surface area contributed by atoms with Gasteiger partial charge in [-0.15, -0.1) is 0 Å². The maximum Gasteiger partial charge on any atom is 0.188 e. The van der Waals surface area contributed by atoms with Crippen LogP contribution in [0.1, 0.15) is 42.0 Å². The summed E-state index contributed by atoms with van der Waals surface area (Å²) in [6, 6.07) is 40.8. The van der Waals surface area contributed by atoms with E-state index >= 15 is 0 Å². The summed E-state index contributed by atoms with van der Waals surface area (Å²) < 4.78 is 33.6. The van der Waals surface area contributed by atoms with Crippen LogP contribution in [0.4, 0.5) is 0 Å². The summed E-state index contributed by atoms with van der Waals surface area (Å²) in [4.78, 5) is 5.13. The van der Waals surface area contributed by atoms with Crippen LogP contribution in [0.3, 0.4) is 0 Å². The predicted octanol–water partition coefficient (Wildman–Crippen LogP) is 7.31. The Hall–Kier alpha value is -3.65. The molecule has 5 atom stereocenters. The third-order valence-electron chi connectivity index (χ3n) is 8.25. The Balaban J connectivity index is 1.32. The summed E-state index contributed by atoms with van der Waals surface area (Å²) in [5.41, 5.74) is 4.50. The molecule has 0 saturated carbocycles. The molecule has 6 nitrogen and oxygen atoms in total. The molecule has 0 radical (unpaired) electrons. The van der Waals surface area contributed by atoms with Crippen molar-refractivity contribution in [1.29, 1.82) is 0 Å². The normalized spacial score (nSPS) is 24.8. The Morgan fingerprint density at radius 2 is 1.07 bits per heavy atom. The zero-order valence-corrected chi connectivity index (χ0v) is 25.3. The first kappa shape index (κ1) is 30.4. The summed E-state index contributed by atoms with van der Waals surface area (Å²) in [5, 5.41) is 0. The highest BCUT2D eigenvalue weighted by Gasteiger charge is 2.58. The Bertz CT molecular complexity index is 1450. The third-order valence-corrected chi connectivity index (χ3v) is 8.25. The van der Waals surface area contributed by atoms with Crippen molar-refractivity contribution in [2.24, 2.45) is 4.99 Å². The molecule has 0 aliphatic carbocycles. The van der Waals surface area contributed by atoms with Crippen molar-refractivity contribution in [2.75, 3.05) is 6.61 Å². The van der Waals surface area contributed by atoms with Crippen LogP contribution in [0.15, 0.2) is 126 Å². The van der Waals surface area contributed by atoms with Gasteiger partial charge in [-0.25, -0.2) is 0 Å². The van der Waals surface area contributed by atoms with Gasteiger partial charge in [-0.2, -0.15) is 0 Å². The van der Waals surface area contributed by atoms with E-state index in [4.69, 9.17) is 28.7 Å². The lowest BCUT2D eigenvalue weighted by Crippen LogP contribution is -2.66. The van der Waals surface area contributed by atoms with Crippen molar-refractivity contribution in [3.8, 4) is 0 Å². The first-order chi connectivity index (χ1) is 21.7. The molecule has 0 amide bonds. The fraction of sp³-hybridized carbons (Fsp3) is 0.342. The Kier molecular flexibility index (Phi) is 10.3. The molecule has 4 aromatic carbocycles. The van der Waals surface area contributed by atoms with Crippen molar-refractivity contribution in [1.82, 2.24) is 0 Å². The average Bonchev–Trinajstić information content (AvgIpc) is 3.44. The van der Waals surface area contributed by atoms with Gasteiger partial charge in [0.2, 0.25) is 0 Å². The minimum Gasteiger partial charge on any atom is -0.374 e. The van der Waals surface area contributed by atoms with E-state index < -0.39 is 30.1 Å². The fourth-order valence-corrected chi connectivity index (χ4v) is 6.02. The lowest BCUT2D eigenvalue weighted by molar-refractivity contribution is -0.305. The topological polar surface area (TPSA) is 58.5 Å². The fourth-order valence-electron chi connectivity index (χ4n) is 6.02. The van der Waals surface area contributed by atoms with Crippen molar-refractivity contribution in [3.05, 3.63) is 144 Å². The lowest BCUT2D eigenvalue weighted by atomic mass is 9.88. The molecule has 1 unspecified atom stereocenters. The van der Waals surface area contributed by atoms with E-state index in [1.54, 1.807) is 0 Å². The second-order valence-corrected chi connectivity index (χ2v) is 11.6. The van der Waals surface area contributed by atoms with Crippen LogP contribution in [0.5, 0.6) is 0 Å². The Labute approximate surface area is 260 Å². The van der Waals surface area contributed by atoms with Crippen molar-refractivity contribution < 1.29 is 23.7 Å². The SMILES string of the molecule is CC1=NC2(CC1)O[C@H](COCc1ccccc1)[C@@H](OCc1ccccc1)[C@H](OCc1ccccc1)[C@H]2OCc1ccccc1. The minimum atomic E-state index is -0.895. The minimum absolute atomic E-state index is 0.335. The molecule has 4 aromatic rings. The number of rotatable bonds is 13. The zero-order chi connectivity index (χ0) is 30.0. The highest BCUT2D eigenvalue weighted by atomic mass is 16.6. The number of hydrogen-bond acceptors (Lipinski definition) is 6. The first-order valence-corrected chi connectivity index (χ1v) is 15.5. The van der Waals surface area contributed by atoms with Gasteiger partial charge in [0.1, 0.15) is 24.4 Å². The highest BCUT2D eigenvalue weighted by Crippen LogP contribution is 2.43. The third kappa shape index (κ3) is 7.70. The van der Waals surface area contributed by atoms with Gasteiger partial charge in [-0.3, -0.25) is 4.99 Å². The molecule has 44 heavy (non-hydrogen) atoms. The predicted molar refractivity (Wildman–Crippen MR) is 171 cm³/mol. The largest absolute Gasteiger partial charge is 0.374 e. The van der Waals surface area contributed by atoms with E-state index in [0.29, 0.717) is 39.5 Å². The molecular weight excluding hydrogens is 550 g/mol. The molecule has 6 heteroatoms. The maximum absolute atomic E-state index is 6.99. The maximum atomic E-state index is 6.99. The summed E-state index contributed by atoms with van der Waals surface area (Å²) in [5.74, 6) is 0. The number of benzene rings is 4. The quantitative estimate of drug-likeness (QED) is 0.163. The van der Waals surface area contributed by atoms with E-state index in [9.17, 15) is 0 Å².